The maximum atomic E-state index is 12.2. The van der Waals surface area contributed by atoms with Crippen LogP contribution in [0.2, 0.25) is 0 Å². The van der Waals surface area contributed by atoms with E-state index < -0.39 is 6.04 Å². The molecule has 3 heterocycles. The molecule has 108 valence electrons. The minimum atomic E-state index is -0.505. The molecule has 1 unspecified atom stereocenters. The van der Waals surface area contributed by atoms with Crippen molar-refractivity contribution < 1.29 is 14.4 Å². The highest BCUT2D eigenvalue weighted by Gasteiger charge is 2.40. The fourth-order valence-electron chi connectivity index (χ4n) is 2.45. The number of carbonyl (C=O) groups is 3. The molecule has 1 N–H and O–H groups in total. The molecule has 1 aromatic heterocycles. The van der Waals surface area contributed by atoms with Crippen LogP contribution in [0.3, 0.4) is 0 Å². The monoisotopic (exact) mass is 294 g/mol. The minimum absolute atomic E-state index is 0.0856. The number of rotatable bonds is 1. The van der Waals surface area contributed by atoms with Gasteiger partial charge in [0.15, 0.2) is 0 Å². The number of fused-ring (bicyclic) bond motifs is 1. The Balaban J connectivity index is 0.000000704. The van der Waals surface area contributed by atoms with Crippen LogP contribution in [0.15, 0.2) is 5.38 Å². The molecule has 0 aromatic carbocycles. The van der Waals surface area contributed by atoms with Crippen LogP contribution in [0.5, 0.6) is 0 Å². The van der Waals surface area contributed by atoms with Gasteiger partial charge in [0, 0.05) is 13.0 Å². The van der Waals surface area contributed by atoms with Gasteiger partial charge in [0.2, 0.25) is 11.8 Å². The van der Waals surface area contributed by atoms with Crippen molar-refractivity contribution in [3.63, 3.8) is 0 Å². The molecular weight excluding hydrogens is 276 g/mol. The standard InChI is InChI=1S/C12H12N2O3S.C2H6/c1-6-5-18-10-7(6)4-14(12(10)17)8-2-3-9(15)13-11(8)16;1-2/h5,8H,2-4H2,1H3,(H,13,15,16);1-2H3. The van der Waals surface area contributed by atoms with Crippen molar-refractivity contribution in [2.24, 2.45) is 0 Å². The summed E-state index contributed by atoms with van der Waals surface area (Å²) in [5.74, 6) is -0.696. The SMILES string of the molecule is CC.Cc1csc2c1CN(C1CCC(=O)NC1=O)C2=O. The van der Waals surface area contributed by atoms with Crippen LogP contribution in [0.1, 0.15) is 47.5 Å². The highest BCUT2D eigenvalue weighted by molar-refractivity contribution is 7.12. The van der Waals surface area contributed by atoms with E-state index in [0.717, 1.165) is 16.0 Å². The maximum Gasteiger partial charge on any atom is 0.265 e. The largest absolute Gasteiger partial charge is 0.321 e. The van der Waals surface area contributed by atoms with E-state index in [4.69, 9.17) is 0 Å². The number of hydrogen-bond donors (Lipinski definition) is 1. The number of hydrogen-bond acceptors (Lipinski definition) is 4. The number of nitrogens with zero attached hydrogens (tertiary/aromatic N) is 1. The number of amides is 3. The normalized spacial score (nSPS) is 21.2. The van der Waals surface area contributed by atoms with Crippen molar-refractivity contribution >= 4 is 29.1 Å². The zero-order valence-corrected chi connectivity index (χ0v) is 12.7. The van der Waals surface area contributed by atoms with Gasteiger partial charge >= 0.3 is 0 Å². The Bertz CT molecular complexity index is 565. The van der Waals surface area contributed by atoms with Gasteiger partial charge in [-0.2, -0.15) is 0 Å². The molecular formula is C14H18N2O3S. The molecule has 20 heavy (non-hydrogen) atoms. The number of thiophene rings is 1. The highest BCUT2D eigenvalue weighted by Crippen LogP contribution is 2.33. The minimum Gasteiger partial charge on any atom is -0.321 e. The summed E-state index contributed by atoms with van der Waals surface area (Å²) in [6, 6.07) is -0.505. The van der Waals surface area contributed by atoms with E-state index in [2.05, 4.69) is 5.32 Å². The van der Waals surface area contributed by atoms with Gasteiger partial charge in [0.25, 0.3) is 5.91 Å². The van der Waals surface area contributed by atoms with Gasteiger partial charge < -0.3 is 4.90 Å². The molecule has 0 spiro atoms. The zero-order chi connectivity index (χ0) is 14.9. The van der Waals surface area contributed by atoms with Crippen LogP contribution in [-0.4, -0.2) is 28.7 Å². The molecule has 1 saturated heterocycles. The predicted molar refractivity (Wildman–Crippen MR) is 76.4 cm³/mol. The van der Waals surface area contributed by atoms with Crippen molar-refractivity contribution in [2.75, 3.05) is 0 Å². The lowest BCUT2D eigenvalue weighted by atomic mass is 10.0. The quantitative estimate of drug-likeness (QED) is 0.804. The van der Waals surface area contributed by atoms with Gasteiger partial charge in [0.1, 0.15) is 6.04 Å². The van der Waals surface area contributed by atoms with Crippen molar-refractivity contribution in [3.05, 3.63) is 21.4 Å². The number of aryl methyl sites for hydroxylation is 1. The summed E-state index contributed by atoms with van der Waals surface area (Å²) >= 11 is 1.43. The molecule has 0 aliphatic carbocycles. The average molecular weight is 294 g/mol. The van der Waals surface area contributed by atoms with Crippen LogP contribution in [0.25, 0.3) is 0 Å². The first-order valence-corrected chi connectivity index (χ1v) is 7.67. The topological polar surface area (TPSA) is 66.5 Å². The second kappa shape index (κ2) is 5.75. The molecule has 0 radical (unpaired) electrons. The zero-order valence-electron chi connectivity index (χ0n) is 11.9. The van der Waals surface area contributed by atoms with E-state index in [-0.39, 0.29) is 17.7 Å². The molecule has 6 heteroatoms. The van der Waals surface area contributed by atoms with Gasteiger partial charge in [-0.1, -0.05) is 13.8 Å². The van der Waals surface area contributed by atoms with Crippen molar-refractivity contribution in [3.8, 4) is 0 Å². The van der Waals surface area contributed by atoms with Crippen molar-refractivity contribution in [2.45, 2.75) is 46.2 Å². The Morgan fingerprint density at radius 1 is 1.30 bits per heavy atom. The first-order chi connectivity index (χ1) is 9.58. The van der Waals surface area contributed by atoms with Crippen LogP contribution in [0, 0.1) is 6.92 Å². The first-order valence-electron chi connectivity index (χ1n) is 6.79. The van der Waals surface area contributed by atoms with Gasteiger partial charge in [-0.15, -0.1) is 11.3 Å². The molecule has 1 fully saturated rings. The molecule has 2 aliphatic rings. The number of nitrogens with one attached hydrogen (secondary N) is 1. The summed E-state index contributed by atoms with van der Waals surface area (Å²) in [5, 5.41) is 4.25. The molecule has 5 nitrogen and oxygen atoms in total. The number of piperidine rings is 1. The van der Waals surface area contributed by atoms with Crippen LogP contribution in [-0.2, 0) is 16.1 Å². The van der Waals surface area contributed by atoms with E-state index in [1.54, 1.807) is 4.90 Å². The highest BCUT2D eigenvalue weighted by atomic mass is 32.1. The van der Waals surface area contributed by atoms with Crippen molar-refractivity contribution in [1.29, 1.82) is 0 Å². The smallest absolute Gasteiger partial charge is 0.265 e. The summed E-state index contributed by atoms with van der Waals surface area (Å²) < 4.78 is 0. The van der Waals surface area contributed by atoms with E-state index in [9.17, 15) is 14.4 Å². The number of imide groups is 1. The lowest BCUT2D eigenvalue weighted by Crippen LogP contribution is -2.52. The Labute approximate surface area is 122 Å². The van der Waals surface area contributed by atoms with Crippen molar-refractivity contribution in [1.82, 2.24) is 10.2 Å². The fourth-order valence-corrected chi connectivity index (χ4v) is 3.47. The Morgan fingerprint density at radius 2 is 2.00 bits per heavy atom. The summed E-state index contributed by atoms with van der Waals surface area (Å²) in [6.07, 6.45) is 0.719. The van der Waals surface area contributed by atoms with Gasteiger partial charge in [-0.3, -0.25) is 19.7 Å². The van der Waals surface area contributed by atoms with Crippen LogP contribution < -0.4 is 5.32 Å². The second-order valence-electron chi connectivity index (χ2n) is 4.63. The average Bonchev–Trinajstić information content (AvgIpc) is 2.95. The molecule has 3 rings (SSSR count). The molecule has 1 aromatic rings. The third-order valence-corrected chi connectivity index (χ3v) is 4.60. The Morgan fingerprint density at radius 3 is 2.60 bits per heavy atom. The van der Waals surface area contributed by atoms with Crippen LogP contribution in [0.4, 0.5) is 0 Å². The molecule has 3 amide bonds. The van der Waals surface area contributed by atoms with Crippen LogP contribution >= 0.6 is 11.3 Å². The third-order valence-electron chi connectivity index (χ3n) is 3.47. The maximum absolute atomic E-state index is 12.2. The lowest BCUT2D eigenvalue weighted by molar-refractivity contribution is -0.136. The lowest BCUT2D eigenvalue weighted by Gasteiger charge is -2.29. The number of carbonyl (C=O) groups excluding carboxylic acids is 3. The summed E-state index contributed by atoms with van der Waals surface area (Å²) in [6.45, 7) is 6.45. The summed E-state index contributed by atoms with van der Waals surface area (Å²) in [5.41, 5.74) is 2.12. The molecule has 0 saturated carbocycles. The second-order valence-corrected chi connectivity index (χ2v) is 5.51. The first kappa shape index (κ1) is 14.7. The van der Waals surface area contributed by atoms with E-state index >= 15 is 0 Å². The van der Waals surface area contributed by atoms with E-state index in [1.165, 1.54) is 11.3 Å². The summed E-state index contributed by atoms with van der Waals surface area (Å²) in [4.78, 5) is 37.4. The fraction of sp³-hybridized carbons (Fsp3) is 0.500. The molecule has 1 atom stereocenters. The third kappa shape index (κ3) is 2.35. The van der Waals surface area contributed by atoms with Gasteiger partial charge in [-0.05, 0) is 29.9 Å². The Hall–Kier alpha value is -1.69. The summed E-state index contributed by atoms with van der Waals surface area (Å²) in [7, 11) is 0. The molecule has 2 aliphatic heterocycles. The Kier molecular flexibility index (Phi) is 4.23. The molecule has 0 bridgehead atoms. The van der Waals surface area contributed by atoms with E-state index in [1.807, 2.05) is 26.2 Å². The van der Waals surface area contributed by atoms with Gasteiger partial charge in [-0.25, -0.2) is 0 Å². The van der Waals surface area contributed by atoms with Gasteiger partial charge in [0.05, 0.1) is 4.88 Å². The predicted octanol–water partition coefficient (Wildman–Crippen LogP) is 1.84. The van der Waals surface area contributed by atoms with E-state index in [0.29, 0.717) is 19.4 Å².